The summed E-state index contributed by atoms with van der Waals surface area (Å²) in [5, 5.41) is 5.27. The Morgan fingerprint density at radius 3 is 2.62 bits per heavy atom. The van der Waals surface area contributed by atoms with E-state index in [1.165, 1.54) is 30.1 Å². The van der Waals surface area contributed by atoms with Gasteiger partial charge in [-0.25, -0.2) is 18.4 Å². The molecule has 0 unspecified atom stereocenters. The van der Waals surface area contributed by atoms with Crippen LogP contribution in [0.4, 0.5) is 8.78 Å². The number of nitrogens with one attached hydrogen (secondary N) is 1. The van der Waals surface area contributed by atoms with Gasteiger partial charge in [-0.3, -0.25) is 4.79 Å². The molecule has 0 atom stereocenters. The Kier molecular flexibility index (Phi) is 6.26. The fraction of sp³-hybridized carbons (Fsp3) is 0.105. The molecule has 3 N–H and O–H groups in total. The van der Waals surface area contributed by atoms with Gasteiger partial charge in [0.15, 0.2) is 12.1 Å². The van der Waals surface area contributed by atoms with E-state index in [4.69, 9.17) is 23.2 Å². The Labute approximate surface area is 174 Å². The molecule has 0 aliphatic heterocycles. The standard InChI is InChI=1S/C18H10Cl2F2N4O.CH5N/c19-11-4-9-6-13(24-16(9)10(5-11)8-27)15-7-14(17(21)22)25-26(15)18-12(20)2-1-3-23-18;1-2/h1-8,17,24H;2H2,1H3. The van der Waals surface area contributed by atoms with Gasteiger partial charge in [-0.15, -0.1) is 0 Å². The minimum Gasteiger partial charge on any atom is -0.353 e. The highest BCUT2D eigenvalue weighted by Gasteiger charge is 2.21. The summed E-state index contributed by atoms with van der Waals surface area (Å²) in [5.41, 5.74) is 5.79. The van der Waals surface area contributed by atoms with Crippen molar-refractivity contribution in [2.24, 2.45) is 5.73 Å². The smallest absolute Gasteiger partial charge is 0.282 e. The van der Waals surface area contributed by atoms with Gasteiger partial charge in [-0.1, -0.05) is 23.2 Å². The van der Waals surface area contributed by atoms with Crippen LogP contribution >= 0.6 is 23.2 Å². The van der Waals surface area contributed by atoms with E-state index in [1.807, 2.05) is 0 Å². The van der Waals surface area contributed by atoms with E-state index in [9.17, 15) is 13.6 Å². The van der Waals surface area contributed by atoms with Crippen molar-refractivity contribution in [3.63, 3.8) is 0 Å². The first-order chi connectivity index (χ1) is 14.0. The highest BCUT2D eigenvalue weighted by molar-refractivity contribution is 6.32. The van der Waals surface area contributed by atoms with Crippen LogP contribution in [0.1, 0.15) is 22.5 Å². The minimum atomic E-state index is -2.77. The monoisotopic (exact) mass is 437 g/mol. The number of halogens is 4. The Morgan fingerprint density at radius 2 is 1.97 bits per heavy atom. The number of H-pyrrole nitrogens is 1. The van der Waals surface area contributed by atoms with Crippen molar-refractivity contribution >= 4 is 40.4 Å². The molecule has 1 aromatic carbocycles. The second kappa shape index (κ2) is 8.69. The Hall–Kier alpha value is -2.81. The van der Waals surface area contributed by atoms with Crippen LogP contribution in [0, 0.1) is 0 Å². The SMILES string of the molecule is CN.O=Cc1cc(Cl)cc2cc(-c3cc(C(F)F)nn3-c3ncccc3Cl)[nH]c12. The third kappa shape index (κ3) is 4.00. The quantitative estimate of drug-likeness (QED) is 0.437. The van der Waals surface area contributed by atoms with Gasteiger partial charge >= 0.3 is 0 Å². The Bertz CT molecular complexity index is 1170. The van der Waals surface area contributed by atoms with Crippen molar-refractivity contribution in [3.8, 4) is 17.2 Å². The second-order valence-electron chi connectivity index (χ2n) is 5.74. The number of aromatic amines is 1. The molecule has 0 saturated heterocycles. The van der Waals surface area contributed by atoms with Crippen LogP contribution in [0.15, 0.2) is 42.6 Å². The van der Waals surface area contributed by atoms with E-state index >= 15 is 0 Å². The maximum atomic E-state index is 13.3. The molecule has 0 fully saturated rings. The first kappa shape index (κ1) is 20.9. The van der Waals surface area contributed by atoms with Crippen LogP contribution in [0.25, 0.3) is 28.1 Å². The van der Waals surface area contributed by atoms with Gasteiger partial charge in [0.25, 0.3) is 6.43 Å². The number of carbonyl (C=O) groups excluding carboxylic acids is 1. The molecule has 3 aromatic heterocycles. The molecule has 0 saturated carbocycles. The van der Waals surface area contributed by atoms with E-state index in [0.29, 0.717) is 39.2 Å². The zero-order valence-electron chi connectivity index (χ0n) is 15.0. The molecule has 0 aliphatic carbocycles. The van der Waals surface area contributed by atoms with Crippen LogP contribution in [-0.4, -0.2) is 33.1 Å². The summed E-state index contributed by atoms with van der Waals surface area (Å²) in [4.78, 5) is 18.5. The summed E-state index contributed by atoms with van der Waals surface area (Å²) in [6.45, 7) is 0. The van der Waals surface area contributed by atoms with Gasteiger partial charge in [-0.2, -0.15) is 5.10 Å². The fourth-order valence-electron chi connectivity index (χ4n) is 2.86. The number of aromatic nitrogens is 4. The van der Waals surface area contributed by atoms with Gasteiger partial charge in [0.1, 0.15) is 5.69 Å². The largest absolute Gasteiger partial charge is 0.353 e. The zero-order chi connectivity index (χ0) is 21.1. The number of nitrogens with zero attached hydrogens (tertiary/aromatic N) is 3. The van der Waals surface area contributed by atoms with Gasteiger partial charge in [0, 0.05) is 22.2 Å². The van der Waals surface area contributed by atoms with Crippen molar-refractivity contribution in [3.05, 3.63) is 63.9 Å². The van der Waals surface area contributed by atoms with Crippen molar-refractivity contribution in [1.29, 1.82) is 0 Å². The normalized spacial score (nSPS) is 10.9. The molecule has 0 spiro atoms. The van der Waals surface area contributed by atoms with Crippen LogP contribution < -0.4 is 5.73 Å². The first-order valence-corrected chi connectivity index (χ1v) is 9.08. The molecule has 150 valence electrons. The Morgan fingerprint density at radius 1 is 1.21 bits per heavy atom. The van der Waals surface area contributed by atoms with E-state index in [2.05, 4.69) is 20.8 Å². The van der Waals surface area contributed by atoms with Gasteiger partial charge in [0.05, 0.1) is 21.9 Å². The van der Waals surface area contributed by atoms with Crippen LogP contribution in [-0.2, 0) is 0 Å². The summed E-state index contributed by atoms with van der Waals surface area (Å²) in [6.07, 6.45) is -0.604. The van der Waals surface area contributed by atoms with Crippen molar-refractivity contribution in [2.75, 3.05) is 7.05 Å². The average Bonchev–Trinajstić information content (AvgIpc) is 3.33. The number of nitrogens with two attached hydrogens (primary N) is 1. The molecule has 0 aliphatic rings. The first-order valence-electron chi connectivity index (χ1n) is 8.32. The summed E-state index contributed by atoms with van der Waals surface area (Å²) in [6, 6.07) is 9.37. The number of aldehydes is 1. The molecule has 0 radical (unpaired) electrons. The van der Waals surface area contributed by atoms with E-state index in [1.54, 1.807) is 24.3 Å². The average molecular weight is 438 g/mol. The molecule has 0 amide bonds. The fourth-order valence-corrected chi connectivity index (χ4v) is 3.29. The lowest BCUT2D eigenvalue weighted by molar-refractivity contribution is 0.112. The molecule has 3 heterocycles. The molecular weight excluding hydrogens is 423 g/mol. The van der Waals surface area contributed by atoms with Crippen LogP contribution in [0.5, 0.6) is 0 Å². The number of alkyl halides is 2. The summed E-state index contributed by atoms with van der Waals surface area (Å²) in [5.74, 6) is 0.216. The molecule has 29 heavy (non-hydrogen) atoms. The van der Waals surface area contributed by atoms with E-state index in [0.717, 1.165) is 0 Å². The van der Waals surface area contributed by atoms with Gasteiger partial charge in [-0.05, 0) is 43.4 Å². The van der Waals surface area contributed by atoms with Crippen molar-refractivity contribution in [1.82, 2.24) is 19.7 Å². The molecule has 10 heteroatoms. The third-order valence-corrected chi connectivity index (χ3v) is 4.53. The maximum Gasteiger partial charge on any atom is 0.282 e. The minimum absolute atomic E-state index is 0.216. The van der Waals surface area contributed by atoms with Crippen LogP contribution in [0.3, 0.4) is 0 Å². The predicted molar refractivity (Wildman–Crippen MR) is 109 cm³/mol. The highest BCUT2D eigenvalue weighted by Crippen LogP contribution is 2.32. The third-order valence-electron chi connectivity index (χ3n) is 4.02. The van der Waals surface area contributed by atoms with Gasteiger partial charge < -0.3 is 10.7 Å². The number of hydrogen-bond donors (Lipinski definition) is 2. The molecule has 4 aromatic rings. The molecular formula is C19H15Cl2F2N5O. The lowest BCUT2D eigenvalue weighted by Crippen LogP contribution is -2.03. The highest BCUT2D eigenvalue weighted by atomic mass is 35.5. The van der Waals surface area contributed by atoms with Crippen molar-refractivity contribution in [2.45, 2.75) is 6.43 Å². The van der Waals surface area contributed by atoms with Gasteiger partial charge in [0.2, 0.25) is 0 Å². The molecule has 6 nitrogen and oxygen atoms in total. The maximum absolute atomic E-state index is 13.3. The number of benzene rings is 1. The zero-order valence-corrected chi connectivity index (χ0v) is 16.5. The van der Waals surface area contributed by atoms with Crippen LogP contribution in [0.2, 0.25) is 10.0 Å². The number of hydrogen-bond acceptors (Lipinski definition) is 4. The van der Waals surface area contributed by atoms with E-state index in [-0.39, 0.29) is 10.8 Å². The molecule has 0 bridgehead atoms. The number of carbonyl (C=O) groups is 1. The van der Waals surface area contributed by atoms with E-state index < -0.39 is 12.1 Å². The van der Waals surface area contributed by atoms with Crippen molar-refractivity contribution < 1.29 is 13.6 Å². The lowest BCUT2D eigenvalue weighted by atomic mass is 10.1. The number of pyridine rings is 1. The predicted octanol–water partition coefficient (Wildman–Crippen LogP) is 5.05. The number of rotatable bonds is 4. The summed E-state index contributed by atoms with van der Waals surface area (Å²) >= 11 is 12.2. The second-order valence-corrected chi connectivity index (χ2v) is 6.58. The summed E-state index contributed by atoms with van der Waals surface area (Å²) < 4.78 is 27.8. The molecule has 4 rings (SSSR count). The number of fused-ring (bicyclic) bond motifs is 1. The Balaban J connectivity index is 0.00000117. The lowest BCUT2D eigenvalue weighted by Gasteiger charge is -2.06. The topological polar surface area (TPSA) is 89.6 Å². The summed E-state index contributed by atoms with van der Waals surface area (Å²) in [7, 11) is 1.50.